The minimum atomic E-state index is -1.04. The van der Waals surface area contributed by atoms with Gasteiger partial charge >= 0.3 is 0 Å². The number of hydrogen-bond donors (Lipinski definition) is 2. The normalized spacial score (nSPS) is 39.6. The van der Waals surface area contributed by atoms with Crippen LogP contribution in [-0.4, -0.2) is 68.2 Å². The van der Waals surface area contributed by atoms with Crippen molar-refractivity contribution in [1.82, 2.24) is 9.80 Å². The minimum absolute atomic E-state index is 0.0506. The topological polar surface area (TPSA) is 90.1 Å². The number of benzene rings is 2. The lowest BCUT2D eigenvalue weighted by molar-refractivity contribution is -0.157. The Morgan fingerprint density at radius 1 is 1.08 bits per heavy atom. The lowest BCUT2D eigenvalue weighted by Gasteiger charge is -2.53. The summed E-state index contributed by atoms with van der Waals surface area (Å²) >= 11 is 0. The molecule has 0 radical (unpaired) electrons. The fourth-order valence-electron chi connectivity index (χ4n) is 8.52. The second kappa shape index (κ2) is 7.48. The lowest BCUT2D eigenvalue weighted by atomic mass is 9.57. The van der Waals surface area contributed by atoms with Crippen LogP contribution in [0.1, 0.15) is 55.2 Å². The van der Waals surface area contributed by atoms with Crippen LogP contribution in [0.3, 0.4) is 0 Å². The van der Waals surface area contributed by atoms with Gasteiger partial charge in [0.1, 0.15) is 6.10 Å². The van der Waals surface area contributed by atoms with Gasteiger partial charge in [0.2, 0.25) is 5.91 Å². The van der Waals surface area contributed by atoms with Gasteiger partial charge in [-0.3, -0.25) is 19.4 Å². The standard InChI is InChI=1S/C31H32N2O5/c1-17-7-10-23(34)26-25(17)30-15-22-27(32(22)16-19-8-9-19)31(30,37)12-11-21(28(30)38-26)33-24(35)14-20(29(33)36)13-18-5-3-2-4-6-18/h2-7,10,13,19,21-22,27-28,34,37H,8-9,11-12,14-16H2,1H3/b20-13+/t21-,22?,27-,28+,30+,31-,32?/m1/s1. The number of rotatable bonds is 4. The summed E-state index contributed by atoms with van der Waals surface area (Å²) in [4.78, 5) is 31.0. The first kappa shape index (κ1) is 22.8. The van der Waals surface area contributed by atoms with Crippen molar-refractivity contribution in [2.24, 2.45) is 5.92 Å². The average Bonchev–Trinajstić information content (AvgIpc) is 3.76. The molecule has 0 bridgehead atoms. The van der Waals surface area contributed by atoms with Gasteiger partial charge in [-0.1, -0.05) is 36.4 Å². The molecule has 2 aromatic carbocycles. The maximum absolute atomic E-state index is 13.7. The van der Waals surface area contributed by atoms with Crippen molar-refractivity contribution >= 4 is 17.9 Å². The molecule has 2 saturated heterocycles. The summed E-state index contributed by atoms with van der Waals surface area (Å²) < 4.78 is 6.57. The minimum Gasteiger partial charge on any atom is -0.504 e. The van der Waals surface area contributed by atoms with Gasteiger partial charge in [0.15, 0.2) is 11.5 Å². The first-order valence-corrected chi connectivity index (χ1v) is 13.9. The Balaban J connectivity index is 1.20. The molecular weight excluding hydrogens is 480 g/mol. The second-order valence-electron chi connectivity index (χ2n) is 12.3. The van der Waals surface area contributed by atoms with Crippen LogP contribution in [0, 0.1) is 12.8 Å². The number of fused-ring (bicyclic) bond motifs is 3. The number of nitrogens with zero attached hydrogens (tertiary/aromatic N) is 2. The number of aliphatic hydroxyl groups is 1. The zero-order valence-electron chi connectivity index (χ0n) is 21.5. The monoisotopic (exact) mass is 512 g/mol. The molecule has 5 fully saturated rings. The molecule has 7 atom stereocenters. The van der Waals surface area contributed by atoms with E-state index in [9.17, 15) is 19.8 Å². The molecule has 3 saturated carbocycles. The smallest absolute Gasteiger partial charge is 0.257 e. The van der Waals surface area contributed by atoms with Gasteiger partial charge < -0.3 is 14.9 Å². The molecule has 7 heteroatoms. The molecule has 1 spiro atoms. The third-order valence-electron chi connectivity index (χ3n) is 10.3. The van der Waals surface area contributed by atoms with Crippen LogP contribution in [0.2, 0.25) is 0 Å². The molecule has 8 rings (SSSR count). The summed E-state index contributed by atoms with van der Waals surface area (Å²) in [6.07, 6.45) is 5.48. The maximum atomic E-state index is 13.7. The zero-order valence-corrected chi connectivity index (χ0v) is 21.5. The molecule has 0 aromatic heterocycles. The Kier molecular flexibility index (Phi) is 4.49. The highest BCUT2D eigenvalue weighted by Crippen LogP contribution is 2.70. The van der Waals surface area contributed by atoms with E-state index in [0.717, 1.165) is 29.2 Å². The second-order valence-corrected chi connectivity index (χ2v) is 12.3. The van der Waals surface area contributed by atoms with Crippen molar-refractivity contribution < 1.29 is 24.5 Å². The fraction of sp³-hybridized carbons (Fsp3) is 0.484. The Labute approximate surface area is 221 Å². The van der Waals surface area contributed by atoms with Gasteiger partial charge in [-0.15, -0.1) is 0 Å². The number of amides is 2. The Morgan fingerprint density at radius 3 is 2.63 bits per heavy atom. The largest absolute Gasteiger partial charge is 0.504 e. The Bertz CT molecular complexity index is 1420. The summed E-state index contributed by atoms with van der Waals surface area (Å²) in [5.74, 6) is 0.703. The number of carbonyl (C=O) groups is 2. The highest BCUT2D eigenvalue weighted by molar-refractivity contribution is 6.16. The number of likely N-dealkylation sites (tertiary alicyclic amines) is 2. The first-order valence-electron chi connectivity index (χ1n) is 13.9. The molecular formula is C31H32N2O5. The van der Waals surface area contributed by atoms with E-state index in [1.165, 1.54) is 17.7 Å². The van der Waals surface area contributed by atoms with Crippen molar-refractivity contribution in [2.45, 2.75) is 80.7 Å². The number of phenolic OH excluding ortho intramolecular Hbond substituents is 1. The molecule has 38 heavy (non-hydrogen) atoms. The van der Waals surface area contributed by atoms with E-state index in [4.69, 9.17) is 4.74 Å². The van der Waals surface area contributed by atoms with Crippen LogP contribution < -0.4 is 4.74 Å². The van der Waals surface area contributed by atoms with E-state index in [2.05, 4.69) is 4.90 Å². The van der Waals surface area contributed by atoms with Crippen molar-refractivity contribution in [3.63, 3.8) is 0 Å². The number of imide groups is 1. The lowest BCUT2D eigenvalue weighted by Crippen LogP contribution is -2.68. The predicted molar refractivity (Wildman–Crippen MR) is 139 cm³/mol. The Hall–Kier alpha value is -3.16. The Morgan fingerprint density at radius 2 is 1.87 bits per heavy atom. The van der Waals surface area contributed by atoms with Crippen molar-refractivity contribution in [2.75, 3.05) is 6.54 Å². The van der Waals surface area contributed by atoms with Crippen molar-refractivity contribution in [3.8, 4) is 11.5 Å². The van der Waals surface area contributed by atoms with E-state index in [-0.39, 0.29) is 36.1 Å². The SMILES string of the molecule is Cc1ccc(O)c2c1[C@]13CC4[C@@H](N4CC4CC4)[C@]1(O)CC[C@@H](N1C(=O)C/C(=C\c4ccccc4)C1=O)[C@@H]3O2. The molecule has 3 heterocycles. The van der Waals surface area contributed by atoms with Crippen LogP contribution in [0.5, 0.6) is 11.5 Å². The van der Waals surface area contributed by atoms with Crippen LogP contribution in [-0.2, 0) is 15.0 Å². The molecule has 6 aliphatic rings. The highest BCUT2D eigenvalue weighted by Gasteiger charge is 2.81. The summed E-state index contributed by atoms with van der Waals surface area (Å²) in [6.45, 7) is 3.03. The molecule has 2 aromatic rings. The van der Waals surface area contributed by atoms with E-state index in [1.807, 2.05) is 43.3 Å². The van der Waals surface area contributed by atoms with Gasteiger partial charge in [0.25, 0.3) is 5.91 Å². The van der Waals surface area contributed by atoms with Gasteiger partial charge in [-0.25, -0.2) is 0 Å². The van der Waals surface area contributed by atoms with Crippen LogP contribution >= 0.6 is 0 Å². The van der Waals surface area contributed by atoms with Crippen molar-refractivity contribution in [1.29, 1.82) is 0 Å². The summed E-state index contributed by atoms with van der Waals surface area (Å²) in [6, 6.07) is 12.9. The molecule has 2 unspecified atom stereocenters. The first-order chi connectivity index (χ1) is 18.3. The molecule has 2 N–H and O–H groups in total. The van der Waals surface area contributed by atoms with Gasteiger partial charge in [-0.2, -0.15) is 0 Å². The fourth-order valence-corrected chi connectivity index (χ4v) is 8.52. The van der Waals surface area contributed by atoms with Gasteiger partial charge in [0, 0.05) is 23.7 Å². The van der Waals surface area contributed by atoms with Crippen LogP contribution in [0.25, 0.3) is 6.08 Å². The molecule has 3 aliphatic heterocycles. The number of aromatic hydroxyl groups is 1. The number of hydrogen-bond acceptors (Lipinski definition) is 6. The van der Waals surface area contributed by atoms with Gasteiger partial charge in [-0.05, 0) is 68.2 Å². The van der Waals surface area contributed by atoms with Crippen molar-refractivity contribution in [3.05, 3.63) is 64.7 Å². The van der Waals surface area contributed by atoms with E-state index >= 15 is 0 Å². The summed E-state index contributed by atoms with van der Waals surface area (Å²) in [5.41, 5.74) is 1.40. The highest BCUT2D eigenvalue weighted by atomic mass is 16.5. The number of carbonyl (C=O) groups excluding carboxylic acids is 2. The van der Waals surface area contributed by atoms with Crippen LogP contribution in [0.15, 0.2) is 48.0 Å². The average molecular weight is 513 g/mol. The zero-order chi connectivity index (χ0) is 26.0. The maximum Gasteiger partial charge on any atom is 0.257 e. The molecule has 2 amide bonds. The molecule has 3 aliphatic carbocycles. The van der Waals surface area contributed by atoms with E-state index < -0.39 is 23.2 Å². The molecule has 7 nitrogen and oxygen atoms in total. The number of piperidine rings is 1. The molecule has 196 valence electrons. The van der Waals surface area contributed by atoms with Crippen LogP contribution in [0.4, 0.5) is 0 Å². The van der Waals surface area contributed by atoms with E-state index in [1.54, 1.807) is 12.1 Å². The number of ether oxygens (including phenoxy) is 1. The third-order valence-corrected chi connectivity index (χ3v) is 10.3. The summed E-state index contributed by atoms with van der Waals surface area (Å²) in [7, 11) is 0. The van der Waals surface area contributed by atoms with Gasteiger partial charge in [0.05, 0.1) is 29.5 Å². The number of phenols is 1. The summed E-state index contributed by atoms with van der Waals surface area (Å²) in [5, 5.41) is 23.4. The number of aryl methyl sites for hydroxylation is 1. The quantitative estimate of drug-likeness (QED) is 0.371. The van der Waals surface area contributed by atoms with E-state index in [0.29, 0.717) is 30.6 Å². The predicted octanol–water partition coefficient (Wildman–Crippen LogP) is 3.30. The third kappa shape index (κ3) is 2.81.